The molecule has 1 aliphatic rings. The summed E-state index contributed by atoms with van der Waals surface area (Å²) in [7, 11) is 1.71. The highest BCUT2D eigenvalue weighted by molar-refractivity contribution is 5.81. The van der Waals surface area contributed by atoms with Crippen LogP contribution in [0.2, 0.25) is 0 Å². The third kappa shape index (κ3) is 3.68. The Labute approximate surface area is 165 Å². The van der Waals surface area contributed by atoms with E-state index < -0.39 is 0 Å². The molecule has 3 aromatic rings. The number of imidazole rings is 1. The maximum absolute atomic E-state index is 5.88. The van der Waals surface area contributed by atoms with Gasteiger partial charge < -0.3 is 18.8 Å². The topological polar surface area (TPSA) is 45.5 Å². The molecule has 5 heteroatoms. The molecule has 1 saturated heterocycles. The minimum Gasteiger partial charge on any atom is -0.496 e. The Kier molecular flexibility index (Phi) is 5.46. The van der Waals surface area contributed by atoms with Crippen LogP contribution >= 0.6 is 0 Å². The molecule has 28 heavy (non-hydrogen) atoms. The Morgan fingerprint density at radius 3 is 2.64 bits per heavy atom. The zero-order valence-corrected chi connectivity index (χ0v) is 16.6. The Balaban J connectivity index is 1.83. The first-order chi connectivity index (χ1) is 13.7. The summed E-state index contributed by atoms with van der Waals surface area (Å²) >= 11 is 0. The van der Waals surface area contributed by atoms with Gasteiger partial charge in [0.25, 0.3) is 0 Å². The van der Waals surface area contributed by atoms with Crippen molar-refractivity contribution in [1.82, 2.24) is 9.55 Å². The number of aryl methyl sites for hydroxylation is 2. The van der Waals surface area contributed by atoms with Crippen LogP contribution in [0.4, 0.5) is 0 Å². The molecule has 4 rings (SSSR count). The average Bonchev–Trinajstić information content (AvgIpc) is 3.14. The van der Waals surface area contributed by atoms with Crippen molar-refractivity contribution in [3.63, 3.8) is 0 Å². The van der Waals surface area contributed by atoms with Gasteiger partial charge in [-0.05, 0) is 37.1 Å². The highest BCUT2D eigenvalue weighted by Crippen LogP contribution is 2.36. The number of ether oxygens (including phenoxy) is 3. The third-order valence-corrected chi connectivity index (χ3v) is 5.17. The summed E-state index contributed by atoms with van der Waals surface area (Å²) in [6, 6.07) is 14.6. The first-order valence-corrected chi connectivity index (χ1v) is 9.63. The van der Waals surface area contributed by atoms with Crippen LogP contribution in [0, 0.1) is 13.8 Å². The molecule has 0 spiro atoms. The van der Waals surface area contributed by atoms with Crippen LogP contribution in [0.3, 0.4) is 0 Å². The number of nitrogens with zero attached hydrogens (tertiary/aromatic N) is 2. The summed E-state index contributed by atoms with van der Waals surface area (Å²) in [6.07, 6.45) is 1.94. The van der Waals surface area contributed by atoms with Crippen LogP contribution in [0.1, 0.15) is 11.1 Å². The Hall–Kier alpha value is -2.63. The van der Waals surface area contributed by atoms with Crippen molar-refractivity contribution >= 4 is 0 Å². The van der Waals surface area contributed by atoms with E-state index in [1.807, 2.05) is 24.5 Å². The predicted octanol–water partition coefficient (Wildman–Crippen LogP) is 4.26. The fourth-order valence-electron chi connectivity index (χ4n) is 3.74. The number of aromatic nitrogens is 2. The van der Waals surface area contributed by atoms with Gasteiger partial charge in [0.2, 0.25) is 0 Å². The minimum absolute atomic E-state index is 0.0324. The van der Waals surface area contributed by atoms with Crippen molar-refractivity contribution in [2.75, 3.05) is 26.9 Å². The lowest BCUT2D eigenvalue weighted by Crippen LogP contribution is -2.32. The summed E-state index contributed by atoms with van der Waals surface area (Å²) in [4.78, 5) is 4.78. The number of benzene rings is 2. The van der Waals surface area contributed by atoms with Crippen LogP contribution in [0.5, 0.6) is 5.75 Å². The van der Waals surface area contributed by atoms with Crippen LogP contribution in [-0.2, 0) is 16.0 Å². The summed E-state index contributed by atoms with van der Waals surface area (Å²) in [5, 5.41) is 0. The molecule has 0 N–H and O–H groups in total. The second kappa shape index (κ2) is 8.17. The number of methoxy groups -OCH3 is 1. The number of rotatable bonds is 5. The summed E-state index contributed by atoms with van der Waals surface area (Å²) in [5.41, 5.74) is 6.60. The highest BCUT2D eigenvalue weighted by atomic mass is 16.6. The van der Waals surface area contributed by atoms with E-state index in [0.717, 1.165) is 39.4 Å². The van der Waals surface area contributed by atoms with E-state index in [1.54, 1.807) is 7.11 Å². The van der Waals surface area contributed by atoms with Crippen molar-refractivity contribution in [2.24, 2.45) is 0 Å². The zero-order chi connectivity index (χ0) is 19.5. The smallest absolute Gasteiger partial charge is 0.122 e. The molecule has 0 amide bonds. The Morgan fingerprint density at radius 1 is 1.11 bits per heavy atom. The molecule has 1 aliphatic heterocycles. The van der Waals surface area contributed by atoms with Crippen molar-refractivity contribution in [3.05, 3.63) is 59.9 Å². The van der Waals surface area contributed by atoms with Crippen molar-refractivity contribution in [2.45, 2.75) is 26.5 Å². The maximum Gasteiger partial charge on any atom is 0.122 e. The third-order valence-electron chi connectivity index (χ3n) is 5.17. The summed E-state index contributed by atoms with van der Waals surface area (Å²) in [5.74, 6) is 0.901. The quantitative estimate of drug-likeness (QED) is 0.666. The van der Waals surface area contributed by atoms with Crippen molar-refractivity contribution in [3.8, 4) is 28.3 Å². The molecule has 0 saturated carbocycles. The van der Waals surface area contributed by atoms with E-state index in [-0.39, 0.29) is 6.10 Å². The second-order valence-corrected chi connectivity index (χ2v) is 7.16. The van der Waals surface area contributed by atoms with Gasteiger partial charge in [-0.15, -0.1) is 0 Å². The van der Waals surface area contributed by atoms with Crippen molar-refractivity contribution in [1.29, 1.82) is 0 Å². The molecule has 1 aromatic heterocycles. The first kappa shape index (κ1) is 18.7. The summed E-state index contributed by atoms with van der Waals surface area (Å²) < 4.78 is 19.2. The molecule has 1 atom stereocenters. The van der Waals surface area contributed by atoms with E-state index >= 15 is 0 Å². The molecule has 2 heterocycles. The monoisotopic (exact) mass is 378 g/mol. The SMILES string of the molecule is COc1cc(C)c(-c2c(-c3ccccc3)ncn2C[C@@H]2COCCO2)cc1C. The Bertz CT molecular complexity index is 944. The highest BCUT2D eigenvalue weighted by Gasteiger charge is 2.22. The average molecular weight is 378 g/mol. The predicted molar refractivity (Wildman–Crippen MR) is 110 cm³/mol. The molecule has 0 aliphatic carbocycles. The number of hydrogen-bond donors (Lipinski definition) is 0. The second-order valence-electron chi connectivity index (χ2n) is 7.16. The zero-order valence-electron chi connectivity index (χ0n) is 16.6. The van der Waals surface area contributed by atoms with Gasteiger partial charge in [0.05, 0.1) is 57.3 Å². The lowest BCUT2D eigenvalue weighted by molar-refractivity contribution is -0.0934. The molecule has 5 nitrogen and oxygen atoms in total. The fourth-order valence-corrected chi connectivity index (χ4v) is 3.74. The molecule has 2 aromatic carbocycles. The van der Waals surface area contributed by atoms with Crippen LogP contribution in [0.15, 0.2) is 48.8 Å². The van der Waals surface area contributed by atoms with Crippen LogP contribution in [0.25, 0.3) is 22.5 Å². The van der Waals surface area contributed by atoms with Gasteiger partial charge in [-0.1, -0.05) is 30.3 Å². The maximum atomic E-state index is 5.88. The number of hydrogen-bond acceptors (Lipinski definition) is 4. The van der Waals surface area contributed by atoms with Gasteiger partial charge in [-0.2, -0.15) is 0 Å². The van der Waals surface area contributed by atoms with E-state index in [9.17, 15) is 0 Å². The minimum atomic E-state index is 0.0324. The van der Waals surface area contributed by atoms with Gasteiger partial charge >= 0.3 is 0 Å². The molecular weight excluding hydrogens is 352 g/mol. The molecular formula is C23H26N2O3. The van der Waals surface area contributed by atoms with Gasteiger partial charge in [0.1, 0.15) is 5.75 Å². The summed E-state index contributed by atoms with van der Waals surface area (Å²) in [6.45, 7) is 6.81. The van der Waals surface area contributed by atoms with Gasteiger partial charge in [-0.25, -0.2) is 4.98 Å². The first-order valence-electron chi connectivity index (χ1n) is 9.63. The van der Waals surface area contributed by atoms with E-state index in [1.165, 1.54) is 0 Å². The van der Waals surface area contributed by atoms with E-state index in [4.69, 9.17) is 19.2 Å². The molecule has 0 radical (unpaired) electrons. The van der Waals surface area contributed by atoms with E-state index in [2.05, 4.69) is 42.7 Å². The van der Waals surface area contributed by atoms with Gasteiger partial charge in [-0.3, -0.25) is 0 Å². The fraction of sp³-hybridized carbons (Fsp3) is 0.348. The Morgan fingerprint density at radius 2 is 1.93 bits per heavy atom. The van der Waals surface area contributed by atoms with Crippen LogP contribution < -0.4 is 4.74 Å². The molecule has 0 unspecified atom stereocenters. The lowest BCUT2D eigenvalue weighted by atomic mass is 9.98. The largest absolute Gasteiger partial charge is 0.496 e. The normalized spacial score (nSPS) is 16.9. The van der Waals surface area contributed by atoms with Gasteiger partial charge in [0, 0.05) is 11.1 Å². The molecule has 0 bridgehead atoms. The lowest BCUT2D eigenvalue weighted by Gasteiger charge is -2.24. The van der Waals surface area contributed by atoms with Crippen LogP contribution in [-0.4, -0.2) is 42.6 Å². The molecule has 1 fully saturated rings. The standard InChI is InChI=1S/C23H26N2O3/c1-16-12-21(26-3)17(2)11-20(16)23-22(18-7-5-4-6-8-18)24-15-25(23)13-19-14-27-9-10-28-19/h4-8,11-12,15,19H,9-10,13-14H2,1-3H3/t19-/m1/s1. The molecule has 146 valence electrons. The van der Waals surface area contributed by atoms with E-state index in [0.29, 0.717) is 26.4 Å². The van der Waals surface area contributed by atoms with Gasteiger partial charge in [0.15, 0.2) is 0 Å². The van der Waals surface area contributed by atoms with Crippen molar-refractivity contribution < 1.29 is 14.2 Å².